The molecule has 0 bridgehead atoms. The maximum atomic E-state index is 12.7. The number of hydrogen-bond acceptors (Lipinski definition) is 5. The molecule has 39 heavy (non-hydrogen) atoms. The standard InChI is InChI=1S/C27H32N2O3.C2HF3O2/c1-4-32-26-11-10-21(14-20-8-6-5-7-9-20)15-22(26)17-29-27(31)25(28)16-24-18(2)12-23(30)13-19(24)3;3-2(4,5)1(6)7/h5-13,15,25,30H,4,14,16-17,28H2,1-3H3,(H,29,31);(H,6,7)/t25-;/m0./s1. The number of rotatable bonds is 9. The second-order valence-electron chi connectivity index (χ2n) is 8.93. The van der Waals surface area contributed by atoms with E-state index in [1.54, 1.807) is 12.1 Å². The summed E-state index contributed by atoms with van der Waals surface area (Å²) in [7, 11) is 0. The lowest BCUT2D eigenvalue weighted by atomic mass is 9.96. The van der Waals surface area contributed by atoms with Gasteiger partial charge >= 0.3 is 12.1 Å². The van der Waals surface area contributed by atoms with E-state index in [0.717, 1.165) is 40.0 Å². The zero-order valence-corrected chi connectivity index (χ0v) is 22.0. The molecule has 0 aliphatic carbocycles. The third-order valence-electron chi connectivity index (χ3n) is 5.81. The van der Waals surface area contributed by atoms with E-state index in [-0.39, 0.29) is 11.7 Å². The minimum atomic E-state index is -5.08. The number of benzene rings is 3. The minimum Gasteiger partial charge on any atom is -0.508 e. The smallest absolute Gasteiger partial charge is 0.490 e. The van der Waals surface area contributed by atoms with E-state index in [4.69, 9.17) is 20.4 Å². The fourth-order valence-electron chi connectivity index (χ4n) is 3.93. The first kappa shape index (κ1) is 31.2. The fourth-order valence-corrected chi connectivity index (χ4v) is 3.93. The van der Waals surface area contributed by atoms with Gasteiger partial charge in [0.05, 0.1) is 12.6 Å². The molecule has 0 spiro atoms. The van der Waals surface area contributed by atoms with Crippen molar-refractivity contribution in [3.8, 4) is 11.5 Å². The molecule has 7 nitrogen and oxygen atoms in total. The molecular weight excluding hydrogens is 513 g/mol. The summed E-state index contributed by atoms with van der Waals surface area (Å²) in [5.74, 6) is -1.98. The van der Waals surface area contributed by atoms with Crippen molar-refractivity contribution in [3.05, 3.63) is 94.0 Å². The van der Waals surface area contributed by atoms with E-state index in [0.29, 0.717) is 19.6 Å². The van der Waals surface area contributed by atoms with Gasteiger partial charge in [-0.15, -0.1) is 0 Å². The van der Waals surface area contributed by atoms with Crippen molar-refractivity contribution in [1.29, 1.82) is 0 Å². The molecule has 3 aromatic carbocycles. The van der Waals surface area contributed by atoms with Gasteiger partial charge in [-0.2, -0.15) is 13.2 Å². The number of aliphatic carboxylic acids is 1. The Labute approximate surface area is 225 Å². The maximum Gasteiger partial charge on any atom is 0.490 e. The Morgan fingerprint density at radius 2 is 1.59 bits per heavy atom. The number of amides is 1. The third kappa shape index (κ3) is 9.97. The summed E-state index contributed by atoms with van der Waals surface area (Å²) < 4.78 is 37.5. The number of halogens is 3. The van der Waals surface area contributed by atoms with Crippen molar-refractivity contribution in [1.82, 2.24) is 5.32 Å². The lowest BCUT2D eigenvalue weighted by molar-refractivity contribution is -0.192. The van der Waals surface area contributed by atoms with Crippen LogP contribution in [0.25, 0.3) is 0 Å². The number of carboxylic acid groups (broad SMARTS) is 1. The Bertz CT molecular complexity index is 1240. The van der Waals surface area contributed by atoms with Gasteiger partial charge in [0.2, 0.25) is 5.91 Å². The van der Waals surface area contributed by atoms with E-state index >= 15 is 0 Å². The van der Waals surface area contributed by atoms with Crippen LogP contribution in [-0.2, 0) is 29.0 Å². The van der Waals surface area contributed by atoms with Gasteiger partial charge in [-0.1, -0.05) is 36.4 Å². The summed E-state index contributed by atoms with van der Waals surface area (Å²) in [6.07, 6.45) is -3.86. The first-order valence-corrected chi connectivity index (χ1v) is 12.2. The second-order valence-corrected chi connectivity index (χ2v) is 8.93. The first-order valence-electron chi connectivity index (χ1n) is 12.2. The Morgan fingerprint density at radius 1 is 1.00 bits per heavy atom. The third-order valence-corrected chi connectivity index (χ3v) is 5.81. The summed E-state index contributed by atoms with van der Waals surface area (Å²) in [5, 5.41) is 19.8. The molecule has 0 fully saturated rings. The number of hydrogen-bond donors (Lipinski definition) is 4. The molecule has 3 rings (SSSR count). The number of alkyl halides is 3. The highest BCUT2D eigenvalue weighted by molar-refractivity contribution is 5.82. The van der Waals surface area contributed by atoms with Gasteiger partial charge in [0.25, 0.3) is 0 Å². The lowest BCUT2D eigenvalue weighted by Gasteiger charge is -2.17. The highest BCUT2D eigenvalue weighted by Gasteiger charge is 2.38. The predicted molar refractivity (Wildman–Crippen MR) is 142 cm³/mol. The molecule has 0 saturated heterocycles. The van der Waals surface area contributed by atoms with Crippen LogP contribution < -0.4 is 15.8 Å². The number of carbonyl (C=O) groups excluding carboxylic acids is 1. The molecule has 0 aliphatic rings. The topological polar surface area (TPSA) is 122 Å². The zero-order chi connectivity index (χ0) is 29.2. The summed E-state index contributed by atoms with van der Waals surface area (Å²) in [6.45, 7) is 6.67. The van der Waals surface area contributed by atoms with Crippen LogP contribution in [0.5, 0.6) is 11.5 Å². The van der Waals surface area contributed by atoms with Crippen LogP contribution in [-0.4, -0.2) is 40.9 Å². The van der Waals surface area contributed by atoms with Gasteiger partial charge in [-0.3, -0.25) is 4.79 Å². The maximum absolute atomic E-state index is 12.7. The Kier molecular flexibility index (Phi) is 11.3. The van der Waals surface area contributed by atoms with Crippen LogP contribution in [0.3, 0.4) is 0 Å². The van der Waals surface area contributed by atoms with Crippen LogP contribution in [0, 0.1) is 13.8 Å². The number of aromatic hydroxyl groups is 1. The number of nitrogens with two attached hydrogens (primary N) is 1. The molecule has 0 unspecified atom stereocenters. The molecule has 210 valence electrons. The molecule has 0 aliphatic heterocycles. The Morgan fingerprint density at radius 3 is 2.13 bits per heavy atom. The molecule has 0 saturated carbocycles. The fraction of sp³-hybridized carbons (Fsp3) is 0.310. The molecule has 0 heterocycles. The highest BCUT2D eigenvalue weighted by Crippen LogP contribution is 2.23. The zero-order valence-electron chi connectivity index (χ0n) is 22.0. The normalized spacial score (nSPS) is 11.7. The van der Waals surface area contributed by atoms with E-state index < -0.39 is 18.2 Å². The number of aryl methyl sites for hydroxylation is 2. The number of phenolic OH excluding ortho intramolecular Hbond substituents is 1. The first-order chi connectivity index (χ1) is 18.3. The van der Waals surface area contributed by atoms with Gasteiger partial charge in [0, 0.05) is 12.1 Å². The molecule has 5 N–H and O–H groups in total. The van der Waals surface area contributed by atoms with Crippen molar-refractivity contribution in [2.45, 2.75) is 52.4 Å². The molecule has 1 atom stereocenters. The van der Waals surface area contributed by atoms with Crippen molar-refractivity contribution >= 4 is 11.9 Å². The van der Waals surface area contributed by atoms with Crippen LogP contribution in [0.1, 0.15) is 40.3 Å². The van der Waals surface area contributed by atoms with Crippen LogP contribution >= 0.6 is 0 Å². The van der Waals surface area contributed by atoms with Crippen molar-refractivity contribution < 1.29 is 37.7 Å². The average molecular weight is 547 g/mol. The molecular formula is C29H33F3N2O5. The number of nitrogens with one attached hydrogen (secondary N) is 1. The highest BCUT2D eigenvalue weighted by atomic mass is 19.4. The van der Waals surface area contributed by atoms with E-state index in [9.17, 15) is 23.1 Å². The van der Waals surface area contributed by atoms with Gasteiger partial charge in [-0.25, -0.2) is 4.79 Å². The number of carboxylic acids is 1. The predicted octanol–water partition coefficient (Wildman–Crippen LogP) is 4.82. The monoisotopic (exact) mass is 546 g/mol. The molecule has 0 aromatic heterocycles. The minimum absolute atomic E-state index is 0.215. The molecule has 0 radical (unpaired) electrons. The Hall–Kier alpha value is -4.05. The second kappa shape index (κ2) is 14.2. The SMILES string of the molecule is CCOc1ccc(Cc2ccccc2)cc1CNC(=O)[C@@H](N)Cc1c(C)cc(O)cc1C.O=C(O)C(F)(F)F. The summed E-state index contributed by atoms with van der Waals surface area (Å²) in [4.78, 5) is 21.6. The van der Waals surface area contributed by atoms with Crippen molar-refractivity contribution in [2.24, 2.45) is 5.73 Å². The average Bonchev–Trinajstić information content (AvgIpc) is 2.86. The lowest BCUT2D eigenvalue weighted by Crippen LogP contribution is -2.42. The van der Waals surface area contributed by atoms with Crippen molar-refractivity contribution in [2.75, 3.05) is 6.61 Å². The summed E-state index contributed by atoms with van der Waals surface area (Å²) >= 11 is 0. The van der Waals surface area contributed by atoms with E-state index in [2.05, 4.69) is 29.6 Å². The molecule has 3 aromatic rings. The van der Waals surface area contributed by atoms with Gasteiger partial charge in [0.15, 0.2) is 0 Å². The van der Waals surface area contributed by atoms with Crippen LogP contribution in [0.4, 0.5) is 13.2 Å². The van der Waals surface area contributed by atoms with Gasteiger partial charge in [-0.05, 0) is 85.7 Å². The summed E-state index contributed by atoms with van der Waals surface area (Å²) in [5.41, 5.74) is 12.4. The quantitative estimate of drug-likeness (QED) is 0.305. The largest absolute Gasteiger partial charge is 0.508 e. The Balaban J connectivity index is 0.000000673. The molecule has 10 heteroatoms. The molecule has 1 amide bonds. The van der Waals surface area contributed by atoms with Crippen LogP contribution in [0.2, 0.25) is 0 Å². The van der Waals surface area contributed by atoms with Crippen molar-refractivity contribution in [3.63, 3.8) is 0 Å². The van der Waals surface area contributed by atoms with Crippen LogP contribution in [0.15, 0.2) is 60.7 Å². The van der Waals surface area contributed by atoms with E-state index in [1.165, 1.54) is 5.56 Å². The number of phenols is 1. The van der Waals surface area contributed by atoms with Gasteiger partial charge < -0.3 is 26.0 Å². The van der Waals surface area contributed by atoms with E-state index in [1.807, 2.05) is 45.0 Å². The summed E-state index contributed by atoms with van der Waals surface area (Å²) in [6, 6.07) is 19.1. The number of ether oxygens (including phenoxy) is 1. The number of carbonyl (C=O) groups is 2. The van der Waals surface area contributed by atoms with Gasteiger partial charge in [0.1, 0.15) is 11.5 Å².